The standard InChI is InChI=1S/C14H23N/c1-7-8-9-10-12(4)15-14(6)13(5)11(2)3/h7-11H,1-6H3/b8-7-,10-9-,14-13+,15-12+. The summed E-state index contributed by atoms with van der Waals surface area (Å²) in [5.74, 6) is 0.570. The van der Waals surface area contributed by atoms with E-state index in [0.29, 0.717) is 5.92 Å². The Labute approximate surface area is 94.3 Å². The zero-order valence-corrected chi connectivity index (χ0v) is 10.8. The van der Waals surface area contributed by atoms with E-state index in [1.54, 1.807) is 0 Å². The van der Waals surface area contributed by atoms with E-state index in [9.17, 15) is 0 Å². The van der Waals surface area contributed by atoms with Crippen LogP contribution >= 0.6 is 0 Å². The largest absolute Gasteiger partial charge is 0.259 e. The van der Waals surface area contributed by atoms with Gasteiger partial charge in [-0.15, -0.1) is 0 Å². The Morgan fingerprint density at radius 3 is 2.13 bits per heavy atom. The van der Waals surface area contributed by atoms with E-state index in [2.05, 4.69) is 32.7 Å². The molecule has 0 aliphatic heterocycles. The SMILES string of the molecule is C\C=C/C=C\C(C)=N\C(C)=C(/C)C(C)C. The van der Waals surface area contributed by atoms with E-state index in [1.165, 1.54) is 5.57 Å². The molecule has 0 aromatic carbocycles. The molecule has 0 N–H and O–H groups in total. The van der Waals surface area contributed by atoms with Gasteiger partial charge in [-0.2, -0.15) is 0 Å². The number of nitrogens with zero attached hydrogens (tertiary/aromatic N) is 1. The fourth-order valence-corrected chi connectivity index (χ4v) is 1.11. The molecule has 84 valence electrons. The van der Waals surface area contributed by atoms with Crippen molar-refractivity contribution in [2.24, 2.45) is 10.9 Å². The number of aliphatic imine (C=N–C) groups is 1. The molecule has 1 nitrogen and oxygen atoms in total. The molecule has 0 saturated carbocycles. The van der Waals surface area contributed by atoms with Crippen molar-refractivity contribution in [2.75, 3.05) is 0 Å². The molecule has 0 aliphatic carbocycles. The normalized spacial score (nSPS) is 15.5. The molecule has 15 heavy (non-hydrogen) atoms. The molecule has 0 atom stereocenters. The van der Waals surface area contributed by atoms with Gasteiger partial charge in [-0.05, 0) is 45.3 Å². The lowest BCUT2D eigenvalue weighted by atomic mass is 10.0. The summed E-state index contributed by atoms with van der Waals surface area (Å²) < 4.78 is 0. The van der Waals surface area contributed by atoms with Crippen LogP contribution in [0.2, 0.25) is 0 Å². The van der Waals surface area contributed by atoms with Crippen molar-refractivity contribution in [3.05, 3.63) is 35.6 Å². The van der Waals surface area contributed by atoms with Crippen LogP contribution in [0.25, 0.3) is 0 Å². The van der Waals surface area contributed by atoms with Gasteiger partial charge in [-0.3, -0.25) is 4.99 Å². The first-order valence-electron chi connectivity index (χ1n) is 5.51. The molecular weight excluding hydrogens is 182 g/mol. The zero-order chi connectivity index (χ0) is 11.8. The first kappa shape index (κ1) is 13.9. The van der Waals surface area contributed by atoms with Crippen LogP contribution in [0.1, 0.15) is 41.5 Å². The van der Waals surface area contributed by atoms with Gasteiger partial charge in [0.25, 0.3) is 0 Å². The monoisotopic (exact) mass is 205 g/mol. The van der Waals surface area contributed by atoms with Gasteiger partial charge < -0.3 is 0 Å². The summed E-state index contributed by atoms with van der Waals surface area (Å²) in [5, 5.41) is 0. The van der Waals surface area contributed by atoms with Crippen LogP contribution in [-0.4, -0.2) is 5.71 Å². The van der Waals surface area contributed by atoms with E-state index >= 15 is 0 Å². The summed E-state index contributed by atoms with van der Waals surface area (Å²) in [7, 11) is 0. The molecular formula is C14H23N. The van der Waals surface area contributed by atoms with Gasteiger partial charge in [0.2, 0.25) is 0 Å². The van der Waals surface area contributed by atoms with Crippen molar-refractivity contribution >= 4 is 5.71 Å². The Morgan fingerprint density at radius 1 is 1.07 bits per heavy atom. The topological polar surface area (TPSA) is 12.4 Å². The summed E-state index contributed by atoms with van der Waals surface area (Å²) in [6.45, 7) is 12.6. The average molecular weight is 205 g/mol. The molecule has 0 heterocycles. The summed E-state index contributed by atoms with van der Waals surface area (Å²) >= 11 is 0. The molecule has 1 heteroatoms. The first-order valence-corrected chi connectivity index (χ1v) is 5.51. The zero-order valence-electron chi connectivity index (χ0n) is 10.8. The number of rotatable bonds is 4. The predicted molar refractivity (Wildman–Crippen MR) is 70.3 cm³/mol. The van der Waals surface area contributed by atoms with Crippen LogP contribution < -0.4 is 0 Å². The third-order valence-electron chi connectivity index (χ3n) is 2.42. The second kappa shape index (κ2) is 7.22. The summed E-state index contributed by atoms with van der Waals surface area (Å²) in [6.07, 6.45) is 8.05. The maximum absolute atomic E-state index is 4.55. The molecule has 0 amide bonds. The van der Waals surface area contributed by atoms with Gasteiger partial charge >= 0.3 is 0 Å². The van der Waals surface area contributed by atoms with E-state index in [-0.39, 0.29) is 0 Å². The molecule has 0 aromatic heterocycles. The third kappa shape index (κ3) is 6.05. The predicted octanol–water partition coefficient (Wildman–Crippen LogP) is 4.53. The van der Waals surface area contributed by atoms with E-state index in [1.807, 2.05) is 38.2 Å². The van der Waals surface area contributed by atoms with Gasteiger partial charge in [-0.1, -0.05) is 32.1 Å². The van der Waals surface area contributed by atoms with E-state index in [0.717, 1.165) is 11.4 Å². The highest BCUT2D eigenvalue weighted by atomic mass is 14.7. The average Bonchev–Trinajstić information content (AvgIpc) is 2.16. The Kier molecular flexibility index (Phi) is 6.68. The maximum atomic E-state index is 4.55. The lowest BCUT2D eigenvalue weighted by Gasteiger charge is -2.07. The molecule has 0 aliphatic rings. The first-order chi connectivity index (χ1) is 6.99. The van der Waals surface area contributed by atoms with Gasteiger partial charge in [-0.25, -0.2) is 0 Å². The Morgan fingerprint density at radius 2 is 1.67 bits per heavy atom. The van der Waals surface area contributed by atoms with Crippen LogP contribution in [0.3, 0.4) is 0 Å². The van der Waals surface area contributed by atoms with Crippen LogP contribution in [0.5, 0.6) is 0 Å². The lowest BCUT2D eigenvalue weighted by Crippen LogP contribution is -1.94. The highest BCUT2D eigenvalue weighted by Gasteiger charge is 2.00. The summed E-state index contributed by atoms with van der Waals surface area (Å²) in [4.78, 5) is 4.55. The van der Waals surface area contributed by atoms with Gasteiger partial charge in [0.05, 0.1) is 0 Å². The molecule has 0 unspecified atom stereocenters. The highest BCUT2D eigenvalue weighted by Crippen LogP contribution is 2.14. The van der Waals surface area contributed by atoms with Gasteiger partial charge in [0, 0.05) is 11.4 Å². The van der Waals surface area contributed by atoms with Gasteiger partial charge in [0.15, 0.2) is 0 Å². The molecule has 0 rings (SSSR count). The minimum atomic E-state index is 0.570. The quantitative estimate of drug-likeness (QED) is 0.472. The van der Waals surface area contributed by atoms with Gasteiger partial charge in [0.1, 0.15) is 0 Å². The van der Waals surface area contributed by atoms with E-state index in [4.69, 9.17) is 0 Å². The lowest BCUT2D eigenvalue weighted by molar-refractivity contribution is 0.754. The maximum Gasteiger partial charge on any atom is 0.0375 e. The van der Waals surface area contributed by atoms with Crippen molar-refractivity contribution in [2.45, 2.75) is 41.5 Å². The number of allylic oxidation sites excluding steroid dienone is 6. The molecule has 0 aromatic rings. The summed E-state index contributed by atoms with van der Waals surface area (Å²) in [6, 6.07) is 0. The van der Waals surface area contributed by atoms with Crippen molar-refractivity contribution in [1.82, 2.24) is 0 Å². The van der Waals surface area contributed by atoms with E-state index < -0.39 is 0 Å². The van der Waals surface area contributed by atoms with Crippen LogP contribution in [0.15, 0.2) is 40.6 Å². The fourth-order valence-electron chi connectivity index (χ4n) is 1.11. The smallest absolute Gasteiger partial charge is 0.0375 e. The Bertz CT molecular complexity index is 301. The second-order valence-corrected chi connectivity index (χ2v) is 4.06. The molecule has 0 fully saturated rings. The van der Waals surface area contributed by atoms with Crippen LogP contribution in [0.4, 0.5) is 0 Å². The second-order valence-electron chi connectivity index (χ2n) is 4.06. The number of hydrogen-bond donors (Lipinski definition) is 0. The van der Waals surface area contributed by atoms with Crippen LogP contribution in [0, 0.1) is 5.92 Å². The molecule has 0 saturated heterocycles. The highest BCUT2D eigenvalue weighted by molar-refractivity contribution is 5.93. The van der Waals surface area contributed by atoms with Crippen LogP contribution in [-0.2, 0) is 0 Å². The Balaban J connectivity index is 4.68. The molecule has 0 spiro atoms. The fraction of sp³-hybridized carbons (Fsp3) is 0.500. The summed E-state index contributed by atoms with van der Waals surface area (Å²) in [5.41, 5.74) is 3.53. The number of hydrogen-bond acceptors (Lipinski definition) is 1. The minimum Gasteiger partial charge on any atom is -0.259 e. The molecule has 0 bridgehead atoms. The Hall–Kier alpha value is -1.11. The van der Waals surface area contributed by atoms with Crippen molar-refractivity contribution in [3.63, 3.8) is 0 Å². The molecule has 0 radical (unpaired) electrons. The third-order valence-corrected chi connectivity index (χ3v) is 2.42. The van der Waals surface area contributed by atoms with Crippen molar-refractivity contribution < 1.29 is 0 Å². The van der Waals surface area contributed by atoms with Crippen molar-refractivity contribution in [1.29, 1.82) is 0 Å². The van der Waals surface area contributed by atoms with Crippen molar-refractivity contribution in [3.8, 4) is 0 Å². The minimum absolute atomic E-state index is 0.570.